The highest BCUT2D eigenvalue weighted by atomic mass is 35.5. The zero-order valence-corrected chi connectivity index (χ0v) is 11.2. The van der Waals surface area contributed by atoms with E-state index in [2.05, 4.69) is 5.32 Å². The number of hydrogen-bond acceptors (Lipinski definition) is 2. The molecule has 0 aromatic heterocycles. The highest BCUT2D eigenvalue weighted by Gasteiger charge is 2.14. The van der Waals surface area contributed by atoms with E-state index in [1.165, 1.54) is 0 Å². The number of halogens is 1. The van der Waals surface area contributed by atoms with Gasteiger partial charge < -0.3 is 10.1 Å². The van der Waals surface area contributed by atoms with Crippen molar-refractivity contribution in [3.8, 4) is 0 Å². The van der Waals surface area contributed by atoms with Gasteiger partial charge >= 0.3 is 0 Å². The van der Waals surface area contributed by atoms with Crippen LogP contribution in [0.2, 0.25) is 0 Å². The van der Waals surface area contributed by atoms with E-state index in [0.717, 1.165) is 11.1 Å². The van der Waals surface area contributed by atoms with Crippen molar-refractivity contribution >= 4 is 17.5 Å². The topological polar surface area (TPSA) is 38.3 Å². The molecule has 1 unspecified atom stereocenters. The van der Waals surface area contributed by atoms with Gasteiger partial charge in [-0.25, -0.2) is 0 Å². The van der Waals surface area contributed by atoms with Gasteiger partial charge in [-0.1, -0.05) is 17.7 Å². The number of ether oxygens (including phenoxy) is 1. The molecule has 1 N–H and O–H groups in total. The summed E-state index contributed by atoms with van der Waals surface area (Å²) in [4.78, 5) is 12.0. The van der Waals surface area contributed by atoms with Gasteiger partial charge in [-0.05, 0) is 25.5 Å². The van der Waals surface area contributed by atoms with Crippen molar-refractivity contribution in [3.05, 3.63) is 34.9 Å². The van der Waals surface area contributed by atoms with Crippen molar-refractivity contribution in [1.29, 1.82) is 0 Å². The van der Waals surface area contributed by atoms with Crippen LogP contribution < -0.4 is 5.32 Å². The molecule has 4 heteroatoms. The van der Waals surface area contributed by atoms with Gasteiger partial charge in [0, 0.05) is 18.6 Å². The van der Waals surface area contributed by atoms with E-state index in [4.69, 9.17) is 16.3 Å². The van der Waals surface area contributed by atoms with Gasteiger partial charge in [-0.15, -0.1) is 11.6 Å². The van der Waals surface area contributed by atoms with Crippen LogP contribution in [0.3, 0.4) is 0 Å². The fourth-order valence-corrected chi connectivity index (χ4v) is 1.74. The quantitative estimate of drug-likeness (QED) is 0.820. The average Bonchev–Trinajstić information content (AvgIpc) is 2.31. The summed E-state index contributed by atoms with van der Waals surface area (Å²) >= 11 is 5.75. The molecule has 1 atom stereocenters. The number of amides is 1. The Morgan fingerprint density at radius 2 is 2.18 bits per heavy atom. The third-order valence-electron chi connectivity index (χ3n) is 2.53. The number of nitrogens with one attached hydrogen (secondary N) is 1. The SMILES string of the molecule is COCC(CCl)NC(=O)c1cc(C)ccc1C. The minimum atomic E-state index is -0.158. The van der Waals surface area contributed by atoms with Crippen LogP contribution >= 0.6 is 11.6 Å². The summed E-state index contributed by atoms with van der Waals surface area (Å²) in [6.45, 7) is 4.30. The maximum absolute atomic E-state index is 12.0. The van der Waals surface area contributed by atoms with Gasteiger partial charge in [0.25, 0.3) is 5.91 Å². The summed E-state index contributed by atoms with van der Waals surface area (Å²) in [6.07, 6.45) is 0. The second kappa shape index (κ2) is 6.62. The van der Waals surface area contributed by atoms with Gasteiger partial charge in [0.1, 0.15) is 0 Å². The first-order valence-electron chi connectivity index (χ1n) is 5.51. The lowest BCUT2D eigenvalue weighted by molar-refractivity contribution is 0.0906. The molecule has 0 spiro atoms. The molecular weight excluding hydrogens is 238 g/mol. The summed E-state index contributed by atoms with van der Waals surface area (Å²) in [6, 6.07) is 5.65. The molecule has 0 aliphatic carbocycles. The molecule has 0 saturated heterocycles. The van der Waals surface area contributed by atoms with E-state index in [0.29, 0.717) is 18.1 Å². The first-order chi connectivity index (χ1) is 8.08. The molecule has 1 aromatic carbocycles. The Bertz CT molecular complexity index is 393. The summed E-state index contributed by atoms with van der Waals surface area (Å²) in [5.41, 5.74) is 2.71. The Morgan fingerprint density at radius 3 is 2.76 bits per heavy atom. The number of benzene rings is 1. The number of alkyl halides is 1. The Hall–Kier alpha value is -1.06. The maximum Gasteiger partial charge on any atom is 0.251 e. The Morgan fingerprint density at radius 1 is 1.47 bits per heavy atom. The minimum absolute atomic E-state index is 0.103. The van der Waals surface area contributed by atoms with Crippen molar-refractivity contribution in [2.45, 2.75) is 19.9 Å². The lowest BCUT2D eigenvalue weighted by Gasteiger charge is -2.16. The van der Waals surface area contributed by atoms with Crippen LogP contribution in [0.25, 0.3) is 0 Å². The number of hydrogen-bond donors (Lipinski definition) is 1. The number of methoxy groups -OCH3 is 1. The smallest absolute Gasteiger partial charge is 0.251 e. The number of rotatable bonds is 5. The average molecular weight is 256 g/mol. The van der Waals surface area contributed by atoms with Gasteiger partial charge in [0.15, 0.2) is 0 Å². The lowest BCUT2D eigenvalue weighted by atomic mass is 10.0. The molecule has 0 bridgehead atoms. The van der Waals surface area contributed by atoms with E-state index >= 15 is 0 Å². The van der Waals surface area contributed by atoms with Crippen LogP contribution in [-0.2, 0) is 4.74 Å². The number of carbonyl (C=O) groups excluding carboxylic acids is 1. The molecule has 0 saturated carbocycles. The second-order valence-electron chi connectivity index (χ2n) is 4.10. The highest BCUT2D eigenvalue weighted by molar-refractivity contribution is 6.18. The van der Waals surface area contributed by atoms with Crippen LogP contribution in [0.15, 0.2) is 18.2 Å². The monoisotopic (exact) mass is 255 g/mol. The molecule has 1 rings (SSSR count). The molecule has 0 radical (unpaired) electrons. The third kappa shape index (κ3) is 4.02. The fraction of sp³-hybridized carbons (Fsp3) is 0.462. The molecule has 0 aliphatic heterocycles. The van der Waals surface area contributed by atoms with Crippen molar-refractivity contribution in [2.75, 3.05) is 19.6 Å². The van der Waals surface area contributed by atoms with Crippen LogP contribution in [0.1, 0.15) is 21.5 Å². The maximum atomic E-state index is 12.0. The fourth-order valence-electron chi connectivity index (χ4n) is 1.57. The molecule has 0 fully saturated rings. The van der Waals surface area contributed by atoms with Gasteiger partial charge in [0.2, 0.25) is 0 Å². The predicted octanol–water partition coefficient (Wildman–Crippen LogP) is 2.29. The first kappa shape index (κ1) is 14.0. The van der Waals surface area contributed by atoms with E-state index in [1.807, 2.05) is 32.0 Å². The summed E-state index contributed by atoms with van der Waals surface area (Å²) in [7, 11) is 1.59. The van der Waals surface area contributed by atoms with Gasteiger partial charge in [0.05, 0.1) is 12.6 Å². The Kier molecular flexibility index (Phi) is 5.45. The summed E-state index contributed by atoms with van der Waals surface area (Å²) < 4.78 is 4.99. The number of aryl methyl sites for hydroxylation is 2. The first-order valence-corrected chi connectivity index (χ1v) is 6.05. The molecule has 1 aromatic rings. The Balaban J connectivity index is 2.78. The van der Waals surface area contributed by atoms with Crippen molar-refractivity contribution in [1.82, 2.24) is 5.32 Å². The van der Waals surface area contributed by atoms with Crippen molar-refractivity contribution in [3.63, 3.8) is 0 Å². The molecular formula is C13H18ClNO2. The van der Waals surface area contributed by atoms with Crippen molar-refractivity contribution in [2.24, 2.45) is 0 Å². The van der Waals surface area contributed by atoms with Gasteiger partial charge in [-0.2, -0.15) is 0 Å². The Labute approximate surface area is 107 Å². The molecule has 17 heavy (non-hydrogen) atoms. The van der Waals surface area contributed by atoms with Gasteiger partial charge in [-0.3, -0.25) is 4.79 Å². The highest BCUT2D eigenvalue weighted by Crippen LogP contribution is 2.10. The zero-order chi connectivity index (χ0) is 12.8. The normalized spacial score (nSPS) is 12.2. The van der Waals surface area contributed by atoms with E-state index in [-0.39, 0.29) is 11.9 Å². The minimum Gasteiger partial charge on any atom is -0.383 e. The van der Waals surface area contributed by atoms with E-state index in [9.17, 15) is 4.79 Å². The molecule has 94 valence electrons. The summed E-state index contributed by atoms with van der Waals surface area (Å²) in [5.74, 6) is 0.235. The van der Waals surface area contributed by atoms with Crippen molar-refractivity contribution < 1.29 is 9.53 Å². The third-order valence-corrected chi connectivity index (χ3v) is 2.90. The molecule has 1 amide bonds. The zero-order valence-electron chi connectivity index (χ0n) is 10.4. The molecule has 0 aliphatic rings. The molecule has 3 nitrogen and oxygen atoms in total. The van der Waals surface area contributed by atoms with Crippen LogP contribution in [0.5, 0.6) is 0 Å². The van der Waals surface area contributed by atoms with Crippen LogP contribution in [0, 0.1) is 13.8 Å². The largest absolute Gasteiger partial charge is 0.383 e. The lowest BCUT2D eigenvalue weighted by Crippen LogP contribution is -2.39. The van der Waals surface area contributed by atoms with E-state index in [1.54, 1.807) is 7.11 Å². The summed E-state index contributed by atoms with van der Waals surface area (Å²) in [5, 5.41) is 2.86. The molecule has 0 heterocycles. The van der Waals surface area contributed by atoms with Crippen LogP contribution in [0.4, 0.5) is 0 Å². The second-order valence-corrected chi connectivity index (χ2v) is 4.41. The standard InChI is InChI=1S/C13H18ClNO2/c1-9-4-5-10(2)12(6-9)13(16)15-11(7-14)8-17-3/h4-6,11H,7-8H2,1-3H3,(H,15,16). The van der Waals surface area contributed by atoms with Crippen LogP contribution in [-0.4, -0.2) is 31.5 Å². The number of carbonyl (C=O) groups is 1. The predicted molar refractivity (Wildman–Crippen MR) is 69.8 cm³/mol. The van der Waals surface area contributed by atoms with E-state index < -0.39 is 0 Å².